The first-order chi connectivity index (χ1) is 9.29. The first-order valence-corrected chi connectivity index (χ1v) is 8.85. The van der Waals surface area contributed by atoms with Crippen molar-refractivity contribution in [3.8, 4) is 0 Å². The first kappa shape index (κ1) is 15.4. The minimum Gasteiger partial charge on any atom is -0.477 e. The van der Waals surface area contributed by atoms with Gasteiger partial charge in [-0.25, -0.2) is 18.2 Å². The number of nitrogens with zero attached hydrogens (tertiary/aromatic N) is 1. The fourth-order valence-electron chi connectivity index (χ4n) is 1.29. The third-order valence-electron chi connectivity index (χ3n) is 2.14. The second kappa shape index (κ2) is 5.80. The van der Waals surface area contributed by atoms with E-state index in [2.05, 4.69) is 41.6 Å². The van der Waals surface area contributed by atoms with Crippen LogP contribution in [0.3, 0.4) is 0 Å². The molecule has 0 aromatic carbocycles. The molecule has 2 heterocycles. The van der Waals surface area contributed by atoms with Gasteiger partial charge in [0.1, 0.15) is 14.4 Å². The van der Waals surface area contributed by atoms with Crippen LogP contribution in [-0.2, 0) is 10.0 Å². The van der Waals surface area contributed by atoms with E-state index in [4.69, 9.17) is 5.11 Å². The van der Waals surface area contributed by atoms with E-state index in [-0.39, 0.29) is 19.2 Å². The largest absolute Gasteiger partial charge is 0.477 e. The van der Waals surface area contributed by atoms with Crippen molar-refractivity contribution in [3.63, 3.8) is 0 Å². The maximum absolute atomic E-state index is 12.2. The molecule has 0 aliphatic rings. The number of carboxylic acid groups (broad SMARTS) is 1. The molecule has 0 saturated carbocycles. The van der Waals surface area contributed by atoms with Crippen molar-refractivity contribution in [1.82, 2.24) is 4.98 Å². The highest BCUT2D eigenvalue weighted by Gasteiger charge is 2.23. The van der Waals surface area contributed by atoms with Gasteiger partial charge in [-0.1, -0.05) is 0 Å². The molecule has 0 atom stereocenters. The Kier molecular flexibility index (Phi) is 4.47. The smallest absolute Gasteiger partial charge is 0.345 e. The molecule has 2 N–H and O–H groups in total. The van der Waals surface area contributed by atoms with Crippen molar-refractivity contribution in [2.75, 3.05) is 4.72 Å². The topological polar surface area (TPSA) is 96.4 Å². The van der Waals surface area contributed by atoms with Gasteiger partial charge in [0.25, 0.3) is 10.0 Å². The predicted octanol–water partition coefficient (Wildman–Crippen LogP) is 3.17. The second-order valence-corrected chi connectivity index (χ2v) is 8.36. The summed E-state index contributed by atoms with van der Waals surface area (Å²) in [7, 11) is -3.87. The number of carbonyl (C=O) groups is 1. The molecular formula is C10H6Br2N2O4S2. The van der Waals surface area contributed by atoms with E-state index in [1.165, 1.54) is 12.3 Å². The Morgan fingerprint density at radius 3 is 2.55 bits per heavy atom. The number of rotatable bonds is 4. The summed E-state index contributed by atoms with van der Waals surface area (Å²) in [6, 6.07) is 4.22. The highest BCUT2D eigenvalue weighted by atomic mass is 79.9. The lowest BCUT2D eigenvalue weighted by molar-refractivity contribution is 0.0702. The average Bonchev–Trinajstić information content (AvgIpc) is 2.75. The van der Waals surface area contributed by atoms with Crippen LogP contribution in [0.5, 0.6) is 0 Å². The van der Waals surface area contributed by atoms with Crippen LogP contribution in [0.15, 0.2) is 37.7 Å². The highest BCUT2D eigenvalue weighted by Crippen LogP contribution is 2.32. The molecule has 0 radical (unpaired) electrons. The number of sulfonamides is 1. The van der Waals surface area contributed by atoms with Crippen molar-refractivity contribution in [2.24, 2.45) is 0 Å². The lowest BCUT2D eigenvalue weighted by Crippen LogP contribution is -2.12. The van der Waals surface area contributed by atoms with Crippen molar-refractivity contribution < 1.29 is 18.3 Å². The third-order valence-corrected chi connectivity index (χ3v) is 6.23. The summed E-state index contributed by atoms with van der Waals surface area (Å²) in [4.78, 5) is 14.6. The van der Waals surface area contributed by atoms with E-state index in [1.54, 1.807) is 6.07 Å². The van der Waals surface area contributed by atoms with Crippen LogP contribution in [0, 0.1) is 0 Å². The first-order valence-electron chi connectivity index (χ1n) is 4.96. The van der Waals surface area contributed by atoms with Crippen LogP contribution in [0.4, 0.5) is 5.69 Å². The van der Waals surface area contributed by atoms with Gasteiger partial charge in [-0.15, -0.1) is 11.3 Å². The number of nitrogens with one attached hydrogen (secondary N) is 1. The Hall–Kier alpha value is -0.970. The zero-order valence-electron chi connectivity index (χ0n) is 9.50. The average molecular weight is 442 g/mol. The van der Waals surface area contributed by atoms with Crippen LogP contribution in [0.2, 0.25) is 0 Å². The predicted molar refractivity (Wildman–Crippen MR) is 81.7 cm³/mol. The molecule has 0 bridgehead atoms. The number of thiophene rings is 1. The molecule has 0 amide bonds. The molecule has 0 fully saturated rings. The molecule has 2 aromatic heterocycles. The molecule has 6 nitrogen and oxygen atoms in total. The summed E-state index contributed by atoms with van der Waals surface area (Å²) in [5, 5.41) is 8.87. The van der Waals surface area contributed by atoms with Gasteiger partial charge >= 0.3 is 5.97 Å². The van der Waals surface area contributed by atoms with Gasteiger partial charge < -0.3 is 5.11 Å². The minimum absolute atomic E-state index is 0.0637. The molecule has 0 aliphatic heterocycles. The van der Waals surface area contributed by atoms with Crippen LogP contribution in [0.1, 0.15) is 9.67 Å². The van der Waals surface area contributed by atoms with Crippen molar-refractivity contribution in [1.29, 1.82) is 0 Å². The number of aromatic nitrogens is 1. The van der Waals surface area contributed by atoms with E-state index < -0.39 is 16.0 Å². The van der Waals surface area contributed by atoms with E-state index >= 15 is 0 Å². The van der Waals surface area contributed by atoms with Gasteiger partial charge in [0.2, 0.25) is 0 Å². The maximum Gasteiger partial charge on any atom is 0.345 e. The number of hydrogen-bond donors (Lipinski definition) is 2. The monoisotopic (exact) mass is 440 g/mol. The zero-order valence-corrected chi connectivity index (χ0v) is 14.3. The fourth-order valence-corrected chi connectivity index (χ4v) is 4.97. The van der Waals surface area contributed by atoms with Gasteiger partial charge in [-0.2, -0.15) is 0 Å². The molecular weight excluding hydrogens is 436 g/mol. The van der Waals surface area contributed by atoms with Crippen molar-refractivity contribution in [2.45, 2.75) is 4.90 Å². The molecule has 0 spiro atoms. The Bertz CT molecular complexity index is 756. The Morgan fingerprint density at radius 2 is 2.05 bits per heavy atom. The SMILES string of the molecule is O=C(O)c1cc(S(=O)(=O)Nc2ccc(Br)nc2)c(Br)s1. The minimum atomic E-state index is -3.87. The van der Waals surface area contributed by atoms with Gasteiger partial charge in [0, 0.05) is 0 Å². The van der Waals surface area contributed by atoms with Gasteiger partial charge in [0.15, 0.2) is 0 Å². The molecule has 2 rings (SSSR count). The van der Waals surface area contributed by atoms with Crippen LogP contribution >= 0.6 is 43.2 Å². The molecule has 10 heteroatoms. The van der Waals surface area contributed by atoms with Crippen LogP contribution < -0.4 is 4.72 Å². The second-order valence-electron chi connectivity index (χ2n) is 3.53. The molecule has 20 heavy (non-hydrogen) atoms. The van der Waals surface area contributed by atoms with Gasteiger partial charge in [-0.3, -0.25) is 4.72 Å². The Labute approximate surface area is 135 Å². The number of carboxylic acids is 1. The Morgan fingerprint density at radius 1 is 1.35 bits per heavy atom. The maximum atomic E-state index is 12.2. The van der Waals surface area contributed by atoms with Crippen LogP contribution in [0.25, 0.3) is 0 Å². The molecule has 0 unspecified atom stereocenters. The summed E-state index contributed by atoms with van der Waals surface area (Å²) in [6.45, 7) is 0. The summed E-state index contributed by atoms with van der Waals surface area (Å²) < 4.78 is 27.5. The van der Waals surface area contributed by atoms with Crippen LogP contribution in [-0.4, -0.2) is 24.5 Å². The van der Waals surface area contributed by atoms with Gasteiger partial charge in [-0.05, 0) is 50.1 Å². The van der Waals surface area contributed by atoms with E-state index in [0.29, 0.717) is 4.60 Å². The normalized spacial score (nSPS) is 11.3. The number of halogens is 2. The van der Waals surface area contributed by atoms with Gasteiger partial charge in [0.05, 0.1) is 15.7 Å². The quantitative estimate of drug-likeness (QED) is 0.710. The fraction of sp³-hybridized carbons (Fsp3) is 0. The van der Waals surface area contributed by atoms with Crippen molar-refractivity contribution in [3.05, 3.63) is 37.7 Å². The zero-order chi connectivity index (χ0) is 14.9. The number of aromatic carboxylic acids is 1. The lowest BCUT2D eigenvalue weighted by Gasteiger charge is -2.06. The summed E-state index contributed by atoms with van der Waals surface area (Å²) in [5.41, 5.74) is 0.281. The standard InChI is InChI=1S/C10H6Br2N2O4S2/c11-8-2-1-5(4-13-8)14-20(17,18)7-3-6(10(15)16)19-9(7)12/h1-4,14H,(H,15,16). The molecule has 106 valence electrons. The third kappa shape index (κ3) is 3.37. The van der Waals surface area contributed by atoms with E-state index in [0.717, 1.165) is 17.4 Å². The van der Waals surface area contributed by atoms with E-state index in [9.17, 15) is 13.2 Å². The van der Waals surface area contributed by atoms with Crippen molar-refractivity contribution >= 4 is 64.9 Å². The highest BCUT2D eigenvalue weighted by molar-refractivity contribution is 9.11. The molecule has 0 aliphatic carbocycles. The molecule has 2 aromatic rings. The number of pyridine rings is 1. The Balaban J connectivity index is 2.35. The summed E-state index contributed by atoms with van der Waals surface area (Å²) in [5.74, 6) is -1.18. The number of hydrogen-bond acceptors (Lipinski definition) is 5. The molecule has 0 saturated heterocycles. The lowest BCUT2D eigenvalue weighted by atomic mass is 10.4. The number of anilines is 1. The van der Waals surface area contributed by atoms with E-state index in [1.807, 2.05) is 0 Å². The summed E-state index contributed by atoms with van der Waals surface area (Å²) in [6.07, 6.45) is 1.35. The summed E-state index contributed by atoms with van der Waals surface area (Å²) >= 11 is 7.04.